The molecule has 1 aliphatic carbocycles. The molecule has 1 N–H and O–H groups in total. The number of aliphatic hydroxyl groups is 1. The minimum Gasteiger partial charge on any atom is -0.495 e. The highest BCUT2D eigenvalue weighted by Crippen LogP contribution is 2.31. The Morgan fingerprint density at radius 2 is 1.71 bits per heavy atom. The molecule has 0 amide bonds. The van der Waals surface area contributed by atoms with Crippen molar-refractivity contribution in [3.8, 4) is 5.75 Å². The number of ether oxygens (including phenoxy) is 1. The van der Waals surface area contributed by atoms with E-state index in [-0.39, 0.29) is 23.6 Å². The first-order valence-corrected chi connectivity index (χ1v) is 12.2. The number of nitrogens with zero attached hydrogens (tertiary/aromatic N) is 2. The van der Waals surface area contributed by atoms with Gasteiger partial charge in [-0.15, -0.1) is 0 Å². The zero-order valence-electron chi connectivity index (χ0n) is 19.5. The number of aromatic nitrogens is 2. The highest BCUT2D eigenvalue weighted by Gasteiger charge is 2.26. The van der Waals surface area contributed by atoms with Gasteiger partial charge in [-0.2, -0.15) is 0 Å². The Balaban J connectivity index is 1.63. The van der Waals surface area contributed by atoms with Crippen LogP contribution in [0.4, 0.5) is 0 Å². The lowest BCUT2D eigenvalue weighted by atomic mass is 9.93. The zero-order valence-corrected chi connectivity index (χ0v) is 20.2. The van der Waals surface area contributed by atoms with E-state index in [1.165, 1.54) is 0 Å². The largest absolute Gasteiger partial charge is 0.495 e. The van der Waals surface area contributed by atoms with E-state index in [0.29, 0.717) is 46.8 Å². The molecule has 0 spiro atoms. The third kappa shape index (κ3) is 4.51. The van der Waals surface area contributed by atoms with Crippen molar-refractivity contribution >= 4 is 28.4 Å². The van der Waals surface area contributed by atoms with Crippen LogP contribution in [0.5, 0.6) is 5.75 Å². The van der Waals surface area contributed by atoms with E-state index in [2.05, 4.69) is 0 Å². The van der Waals surface area contributed by atoms with Gasteiger partial charge >= 0.3 is 5.69 Å². The second kappa shape index (κ2) is 9.72. The van der Waals surface area contributed by atoms with Gasteiger partial charge in [0.05, 0.1) is 35.8 Å². The second-order valence-electron chi connectivity index (χ2n) is 9.07. The number of hydrogen-bond acceptors (Lipinski definition) is 4. The molecule has 1 aliphatic rings. The lowest BCUT2D eigenvalue weighted by Crippen LogP contribution is -2.31. The van der Waals surface area contributed by atoms with Crippen molar-refractivity contribution < 1.29 is 14.6 Å². The minimum atomic E-state index is -0.313. The standard InChI is InChI=1S/C28H27ClN2O4/c1-35-26-14-7-18(15-23(26)29)17-30-25-16-20(27(33)19-5-3-2-4-6-19)8-13-24(25)31(28(30)34)21-9-11-22(32)12-10-21/h2-8,13-16,21-22,32H,9-12,17H2,1H3/t21-,22-. The summed E-state index contributed by atoms with van der Waals surface area (Å²) in [6.07, 6.45) is 2.50. The average molecular weight is 491 g/mol. The smallest absolute Gasteiger partial charge is 0.329 e. The number of ketones is 1. The first kappa shape index (κ1) is 23.4. The van der Waals surface area contributed by atoms with Gasteiger partial charge in [0, 0.05) is 17.2 Å². The fourth-order valence-electron chi connectivity index (χ4n) is 4.99. The summed E-state index contributed by atoms with van der Waals surface area (Å²) in [5, 5.41) is 10.5. The van der Waals surface area contributed by atoms with Crippen molar-refractivity contribution in [2.45, 2.75) is 44.4 Å². The Hall–Kier alpha value is -3.35. The first-order chi connectivity index (χ1) is 17.0. The first-order valence-electron chi connectivity index (χ1n) is 11.8. The molecule has 3 aromatic carbocycles. The second-order valence-corrected chi connectivity index (χ2v) is 9.48. The van der Waals surface area contributed by atoms with Crippen LogP contribution in [0.2, 0.25) is 5.02 Å². The van der Waals surface area contributed by atoms with E-state index >= 15 is 0 Å². The van der Waals surface area contributed by atoms with Crippen molar-refractivity contribution in [3.05, 3.63) is 98.9 Å². The molecule has 6 nitrogen and oxygen atoms in total. The van der Waals surface area contributed by atoms with Gasteiger partial charge in [-0.3, -0.25) is 13.9 Å². The maximum atomic E-state index is 13.8. The fourth-order valence-corrected chi connectivity index (χ4v) is 5.27. The van der Waals surface area contributed by atoms with E-state index in [0.717, 1.165) is 23.9 Å². The summed E-state index contributed by atoms with van der Waals surface area (Å²) in [4.78, 5) is 26.9. The number of rotatable bonds is 6. The molecule has 0 saturated heterocycles. The van der Waals surface area contributed by atoms with Crippen LogP contribution < -0.4 is 10.4 Å². The van der Waals surface area contributed by atoms with Gasteiger partial charge in [0.25, 0.3) is 0 Å². The molecule has 1 heterocycles. The van der Waals surface area contributed by atoms with E-state index in [9.17, 15) is 14.7 Å². The molecule has 4 aromatic rings. The predicted molar refractivity (Wildman–Crippen MR) is 137 cm³/mol. The molecule has 1 aromatic heterocycles. The van der Waals surface area contributed by atoms with Crippen LogP contribution in [0.25, 0.3) is 11.0 Å². The highest BCUT2D eigenvalue weighted by molar-refractivity contribution is 6.32. The number of aliphatic hydroxyl groups excluding tert-OH is 1. The molecule has 0 unspecified atom stereocenters. The summed E-state index contributed by atoms with van der Waals surface area (Å²) >= 11 is 6.34. The monoisotopic (exact) mass is 490 g/mol. The normalized spacial score (nSPS) is 18.0. The van der Waals surface area contributed by atoms with Crippen LogP contribution in [0, 0.1) is 0 Å². The van der Waals surface area contributed by atoms with E-state index in [1.54, 1.807) is 42.0 Å². The van der Waals surface area contributed by atoms with E-state index < -0.39 is 0 Å². The Kier molecular flexibility index (Phi) is 6.50. The molecule has 0 radical (unpaired) electrons. The average Bonchev–Trinajstić information content (AvgIpc) is 3.15. The summed E-state index contributed by atoms with van der Waals surface area (Å²) in [6, 6.07) is 20.1. The topological polar surface area (TPSA) is 73.5 Å². The van der Waals surface area contributed by atoms with Crippen LogP contribution in [-0.2, 0) is 6.54 Å². The third-order valence-corrected chi connectivity index (χ3v) is 7.14. The SMILES string of the molecule is COc1ccc(Cn2c(=O)n([C@H]3CC[C@H](O)CC3)c3ccc(C(=O)c4ccccc4)cc32)cc1Cl. The molecule has 1 fully saturated rings. The van der Waals surface area contributed by atoms with E-state index in [1.807, 2.05) is 41.0 Å². The van der Waals surface area contributed by atoms with Crippen LogP contribution >= 0.6 is 11.6 Å². The lowest BCUT2D eigenvalue weighted by molar-refractivity contribution is 0.103. The summed E-state index contributed by atoms with van der Waals surface area (Å²) in [5.74, 6) is 0.481. The van der Waals surface area contributed by atoms with Gasteiger partial charge in [-0.1, -0.05) is 48.0 Å². The molecule has 7 heteroatoms. The fraction of sp³-hybridized carbons (Fsp3) is 0.286. The quantitative estimate of drug-likeness (QED) is 0.376. The van der Waals surface area contributed by atoms with Gasteiger partial charge in [-0.05, 0) is 61.6 Å². The van der Waals surface area contributed by atoms with Crippen LogP contribution in [-0.4, -0.2) is 33.2 Å². The molecule has 35 heavy (non-hydrogen) atoms. The summed E-state index contributed by atoms with van der Waals surface area (Å²) in [6.45, 7) is 0.310. The number of methoxy groups -OCH3 is 1. The maximum Gasteiger partial charge on any atom is 0.329 e. The number of benzene rings is 3. The molecule has 0 aliphatic heterocycles. The van der Waals surface area contributed by atoms with E-state index in [4.69, 9.17) is 16.3 Å². The molecular weight excluding hydrogens is 464 g/mol. The number of carbonyl (C=O) groups excluding carboxylic acids is 1. The van der Waals surface area contributed by atoms with Crippen molar-refractivity contribution in [2.75, 3.05) is 7.11 Å². The van der Waals surface area contributed by atoms with Crippen LogP contribution in [0.15, 0.2) is 71.5 Å². The van der Waals surface area contributed by atoms with Crippen molar-refractivity contribution in [3.63, 3.8) is 0 Å². The summed E-state index contributed by atoms with van der Waals surface area (Å²) in [5.41, 5.74) is 3.36. The Labute approximate surface area is 208 Å². The van der Waals surface area contributed by atoms with Gasteiger partial charge < -0.3 is 9.84 Å². The Morgan fingerprint density at radius 3 is 2.40 bits per heavy atom. The number of imidazole rings is 1. The number of carbonyl (C=O) groups is 1. The van der Waals surface area contributed by atoms with Crippen LogP contribution in [0.3, 0.4) is 0 Å². The lowest BCUT2D eigenvalue weighted by Gasteiger charge is -2.26. The number of fused-ring (bicyclic) bond motifs is 1. The minimum absolute atomic E-state index is 0.00443. The van der Waals surface area contributed by atoms with Crippen molar-refractivity contribution in [1.82, 2.24) is 9.13 Å². The van der Waals surface area contributed by atoms with Crippen molar-refractivity contribution in [1.29, 1.82) is 0 Å². The molecule has 180 valence electrons. The van der Waals surface area contributed by atoms with Gasteiger partial charge in [-0.25, -0.2) is 4.79 Å². The van der Waals surface area contributed by atoms with Crippen molar-refractivity contribution in [2.24, 2.45) is 0 Å². The number of halogens is 1. The highest BCUT2D eigenvalue weighted by atomic mass is 35.5. The summed E-state index contributed by atoms with van der Waals surface area (Å²) in [7, 11) is 1.56. The summed E-state index contributed by atoms with van der Waals surface area (Å²) < 4.78 is 8.80. The number of hydrogen-bond donors (Lipinski definition) is 1. The third-order valence-electron chi connectivity index (χ3n) is 6.85. The molecule has 1 saturated carbocycles. The van der Waals surface area contributed by atoms with Gasteiger partial charge in [0.15, 0.2) is 5.78 Å². The zero-order chi connectivity index (χ0) is 24.5. The molecular formula is C28H27ClN2O4. The Bertz CT molecular complexity index is 1430. The van der Waals surface area contributed by atoms with Gasteiger partial charge in [0.1, 0.15) is 5.75 Å². The maximum absolute atomic E-state index is 13.8. The van der Waals surface area contributed by atoms with Gasteiger partial charge in [0.2, 0.25) is 0 Å². The molecule has 0 atom stereocenters. The van der Waals surface area contributed by atoms with Crippen LogP contribution in [0.1, 0.15) is 53.2 Å². The molecule has 0 bridgehead atoms. The molecule has 5 rings (SSSR count). The Morgan fingerprint density at radius 1 is 0.971 bits per heavy atom. The predicted octanol–water partition coefficient (Wildman–Crippen LogP) is 5.22.